The lowest BCUT2D eigenvalue weighted by molar-refractivity contribution is -0.125. The Hall–Kier alpha value is -2.55. The summed E-state index contributed by atoms with van der Waals surface area (Å²) in [6, 6.07) is 5.63. The van der Waals surface area contributed by atoms with Gasteiger partial charge in [0.1, 0.15) is 16.9 Å². The number of phenolic OH excluding ortho intramolecular Hbond substituents is 1. The maximum Gasteiger partial charge on any atom is 0.342 e. The van der Waals surface area contributed by atoms with Crippen LogP contribution in [0.1, 0.15) is 80.8 Å². The number of carbonyl (C=O) groups excluding carboxylic acids is 2. The first-order valence-corrected chi connectivity index (χ1v) is 9.35. The molecule has 1 atom stereocenters. The van der Waals surface area contributed by atoms with Gasteiger partial charge in [-0.05, 0) is 54.7 Å². The Balaban J connectivity index is 2.11. The van der Waals surface area contributed by atoms with Crippen LogP contribution in [-0.2, 0) is 9.53 Å². The summed E-state index contributed by atoms with van der Waals surface area (Å²) in [6.07, 6.45) is 1.80. The van der Waals surface area contributed by atoms with Crippen LogP contribution in [0.3, 0.4) is 0 Å². The van der Waals surface area contributed by atoms with Gasteiger partial charge in [0.2, 0.25) is 0 Å². The van der Waals surface area contributed by atoms with Crippen molar-refractivity contribution in [2.24, 2.45) is 5.92 Å². The van der Waals surface area contributed by atoms with E-state index in [2.05, 4.69) is 11.4 Å². The number of esters is 1. The lowest BCUT2D eigenvalue weighted by atomic mass is 9.92. The predicted molar refractivity (Wildman–Crippen MR) is 101 cm³/mol. The standard InChI is InChI=1S/C21H28N2O4/c1-12(2)14-8-16(13(3)4)19(25)17(9-14)20(26)27-10-18(24)23-21(5,11-22)15-6-7-15/h8-9,12-13,15,25H,6-7,10H2,1-5H3,(H,23,24)/t21-/m1/s1. The second-order valence-electron chi connectivity index (χ2n) is 8.03. The molecule has 0 aromatic heterocycles. The molecule has 0 bridgehead atoms. The number of phenols is 1. The van der Waals surface area contributed by atoms with Crippen LogP contribution in [0.25, 0.3) is 0 Å². The van der Waals surface area contributed by atoms with E-state index in [1.807, 2.05) is 33.8 Å². The average Bonchev–Trinajstić information content (AvgIpc) is 3.44. The molecule has 1 aliphatic rings. The Labute approximate surface area is 160 Å². The lowest BCUT2D eigenvalue weighted by Crippen LogP contribution is -2.48. The highest BCUT2D eigenvalue weighted by Gasteiger charge is 2.43. The van der Waals surface area contributed by atoms with Crippen LogP contribution in [0.2, 0.25) is 0 Å². The van der Waals surface area contributed by atoms with Crippen molar-refractivity contribution in [2.75, 3.05) is 6.61 Å². The zero-order valence-electron chi connectivity index (χ0n) is 16.6. The van der Waals surface area contributed by atoms with Crippen molar-refractivity contribution in [3.8, 4) is 11.8 Å². The van der Waals surface area contributed by atoms with Gasteiger partial charge in [-0.2, -0.15) is 5.26 Å². The Kier molecular flexibility index (Phi) is 6.15. The molecule has 1 aromatic carbocycles. The van der Waals surface area contributed by atoms with Crippen LogP contribution in [0, 0.1) is 17.2 Å². The summed E-state index contributed by atoms with van der Waals surface area (Å²) in [5.74, 6) is -1.04. The highest BCUT2D eigenvalue weighted by atomic mass is 16.5. The Morgan fingerprint density at radius 2 is 1.93 bits per heavy atom. The molecule has 2 rings (SSSR count). The van der Waals surface area contributed by atoms with Crippen LogP contribution in [0.4, 0.5) is 0 Å². The Bertz CT molecular complexity index is 775. The molecule has 1 aliphatic carbocycles. The number of hydrogen-bond donors (Lipinski definition) is 2. The van der Waals surface area contributed by atoms with Gasteiger partial charge < -0.3 is 15.2 Å². The van der Waals surface area contributed by atoms with Crippen molar-refractivity contribution in [3.63, 3.8) is 0 Å². The smallest absolute Gasteiger partial charge is 0.342 e. The number of nitriles is 1. The van der Waals surface area contributed by atoms with Gasteiger partial charge in [-0.3, -0.25) is 4.79 Å². The fourth-order valence-corrected chi connectivity index (χ4v) is 3.03. The summed E-state index contributed by atoms with van der Waals surface area (Å²) in [7, 11) is 0. The number of nitrogens with zero attached hydrogens (tertiary/aromatic N) is 1. The summed E-state index contributed by atoms with van der Waals surface area (Å²) >= 11 is 0. The van der Waals surface area contributed by atoms with Gasteiger partial charge in [0.15, 0.2) is 6.61 Å². The summed E-state index contributed by atoms with van der Waals surface area (Å²) in [6.45, 7) is 9.05. The van der Waals surface area contributed by atoms with E-state index >= 15 is 0 Å². The number of ether oxygens (including phenoxy) is 1. The van der Waals surface area contributed by atoms with Crippen molar-refractivity contribution < 1.29 is 19.4 Å². The van der Waals surface area contributed by atoms with Gasteiger partial charge >= 0.3 is 5.97 Å². The number of aromatic hydroxyl groups is 1. The first kappa shape index (κ1) is 20.8. The highest BCUT2D eigenvalue weighted by molar-refractivity contribution is 5.94. The third kappa shape index (κ3) is 4.79. The maximum absolute atomic E-state index is 12.5. The molecule has 146 valence electrons. The normalized spacial score (nSPS) is 15.9. The maximum atomic E-state index is 12.5. The van der Waals surface area contributed by atoms with E-state index < -0.39 is 24.0 Å². The summed E-state index contributed by atoms with van der Waals surface area (Å²) < 4.78 is 5.11. The van der Waals surface area contributed by atoms with Crippen LogP contribution in [0.5, 0.6) is 5.75 Å². The molecule has 0 saturated heterocycles. The molecule has 1 saturated carbocycles. The van der Waals surface area contributed by atoms with E-state index in [0.717, 1.165) is 18.4 Å². The lowest BCUT2D eigenvalue weighted by Gasteiger charge is -2.22. The zero-order valence-corrected chi connectivity index (χ0v) is 16.6. The highest BCUT2D eigenvalue weighted by Crippen LogP contribution is 2.39. The largest absolute Gasteiger partial charge is 0.507 e. The zero-order chi connectivity index (χ0) is 20.4. The van der Waals surface area contributed by atoms with Gasteiger partial charge in [-0.25, -0.2) is 4.79 Å². The second kappa shape index (κ2) is 7.99. The van der Waals surface area contributed by atoms with Crippen LogP contribution in [-0.4, -0.2) is 29.1 Å². The minimum atomic E-state index is -0.937. The minimum absolute atomic E-state index is 0.0356. The Morgan fingerprint density at radius 1 is 1.30 bits per heavy atom. The number of rotatable bonds is 7. The van der Waals surface area contributed by atoms with E-state index in [1.165, 1.54) is 0 Å². The van der Waals surface area contributed by atoms with Gasteiger partial charge in [0.25, 0.3) is 5.91 Å². The van der Waals surface area contributed by atoms with Crippen molar-refractivity contribution in [2.45, 2.75) is 64.8 Å². The van der Waals surface area contributed by atoms with Gasteiger partial charge in [0.05, 0.1) is 6.07 Å². The first-order valence-electron chi connectivity index (χ1n) is 9.35. The molecule has 27 heavy (non-hydrogen) atoms. The van der Waals surface area contributed by atoms with E-state index in [1.54, 1.807) is 13.0 Å². The molecule has 0 radical (unpaired) electrons. The first-order chi connectivity index (χ1) is 12.6. The van der Waals surface area contributed by atoms with E-state index in [4.69, 9.17) is 4.74 Å². The number of benzene rings is 1. The van der Waals surface area contributed by atoms with Crippen LogP contribution >= 0.6 is 0 Å². The molecule has 1 aromatic rings. The molecule has 1 fully saturated rings. The summed E-state index contributed by atoms with van der Waals surface area (Å²) in [5, 5.41) is 22.4. The molecule has 0 unspecified atom stereocenters. The molecular formula is C21H28N2O4. The molecule has 0 spiro atoms. The predicted octanol–water partition coefficient (Wildman–Crippen LogP) is 3.60. The fraction of sp³-hybridized carbons (Fsp3) is 0.571. The van der Waals surface area contributed by atoms with E-state index in [0.29, 0.717) is 5.56 Å². The number of hydrogen-bond acceptors (Lipinski definition) is 5. The van der Waals surface area contributed by atoms with Crippen molar-refractivity contribution in [1.82, 2.24) is 5.32 Å². The molecule has 2 N–H and O–H groups in total. The molecule has 0 heterocycles. The average molecular weight is 372 g/mol. The molecular weight excluding hydrogens is 344 g/mol. The monoisotopic (exact) mass is 372 g/mol. The number of carbonyl (C=O) groups is 2. The molecule has 1 amide bonds. The summed E-state index contributed by atoms with van der Waals surface area (Å²) in [4.78, 5) is 24.6. The van der Waals surface area contributed by atoms with E-state index in [9.17, 15) is 20.0 Å². The van der Waals surface area contributed by atoms with Crippen LogP contribution < -0.4 is 5.32 Å². The van der Waals surface area contributed by atoms with Gasteiger partial charge in [0, 0.05) is 0 Å². The number of amides is 1. The van der Waals surface area contributed by atoms with Crippen molar-refractivity contribution in [3.05, 3.63) is 28.8 Å². The SMILES string of the molecule is CC(C)c1cc(C(=O)OCC(=O)N[C@](C)(C#N)C2CC2)c(O)c(C(C)C)c1. The van der Waals surface area contributed by atoms with E-state index in [-0.39, 0.29) is 29.1 Å². The second-order valence-corrected chi connectivity index (χ2v) is 8.03. The molecule has 0 aliphatic heterocycles. The fourth-order valence-electron chi connectivity index (χ4n) is 3.03. The molecule has 6 nitrogen and oxygen atoms in total. The van der Waals surface area contributed by atoms with Gasteiger partial charge in [-0.1, -0.05) is 33.8 Å². The summed E-state index contributed by atoms with van der Waals surface area (Å²) in [5.41, 5.74) is 0.707. The quantitative estimate of drug-likeness (QED) is 0.712. The van der Waals surface area contributed by atoms with Crippen LogP contribution in [0.15, 0.2) is 12.1 Å². The minimum Gasteiger partial charge on any atom is -0.507 e. The topological polar surface area (TPSA) is 99.4 Å². The molecule has 6 heteroatoms. The van der Waals surface area contributed by atoms with Crippen molar-refractivity contribution in [1.29, 1.82) is 5.26 Å². The third-order valence-corrected chi connectivity index (χ3v) is 5.03. The number of nitrogens with one attached hydrogen (secondary N) is 1. The van der Waals surface area contributed by atoms with Gasteiger partial charge in [-0.15, -0.1) is 0 Å². The van der Waals surface area contributed by atoms with Crippen molar-refractivity contribution >= 4 is 11.9 Å². The Morgan fingerprint density at radius 3 is 2.41 bits per heavy atom. The third-order valence-electron chi connectivity index (χ3n) is 5.03.